The van der Waals surface area contributed by atoms with E-state index < -0.39 is 0 Å². The summed E-state index contributed by atoms with van der Waals surface area (Å²) in [6, 6.07) is 0. The zero-order chi connectivity index (χ0) is 13.9. The summed E-state index contributed by atoms with van der Waals surface area (Å²) >= 11 is 1.69. The van der Waals surface area contributed by atoms with E-state index in [2.05, 4.69) is 27.8 Å². The molecule has 1 unspecified atom stereocenters. The Morgan fingerprint density at radius 3 is 3.10 bits per heavy atom. The van der Waals surface area contributed by atoms with Crippen LogP contribution in [-0.4, -0.2) is 22.5 Å². The topological polar surface area (TPSA) is 46.6 Å². The highest BCUT2D eigenvalue weighted by Crippen LogP contribution is 2.29. The number of nitrogens with zero attached hydrogens (tertiary/aromatic N) is 3. The normalized spacial score (nSPS) is 20.5. The molecular weight excluding hydrogens is 268 g/mol. The lowest BCUT2D eigenvalue weighted by molar-refractivity contribution is 0.435. The van der Waals surface area contributed by atoms with Gasteiger partial charge in [-0.3, -0.25) is 4.40 Å². The molecule has 0 saturated carbocycles. The largest absolute Gasteiger partial charge is 0.355 e. The minimum atomic E-state index is 0.558. The van der Waals surface area contributed by atoms with Crippen molar-refractivity contribution < 1.29 is 0 Å². The molecular formula is C15H24N4S. The van der Waals surface area contributed by atoms with Gasteiger partial charge >= 0.3 is 0 Å². The molecule has 2 aromatic heterocycles. The first-order valence-electron chi connectivity index (χ1n) is 7.73. The van der Waals surface area contributed by atoms with Gasteiger partial charge in [-0.1, -0.05) is 19.8 Å². The maximum absolute atomic E-state index is 5.96. The summed E-state index contributed by atoms with van der Waals surface area (Å²) < 4.78 is 2.15. The van der Waals surface area contributed by atoms with Gasteiger partial charge in [0.1, 0.15) is 0 Å². The summed E-state index contributed by atoms with van der Waals surface area (Å²) in [5.74, 6) is 2.02. The van der Waals surface area contributed by atoms with E-state index in [9.17, 15) is 0 Å². The number of aromatic nitrogens is 2. The second-order valence-corrected chi connectivity index (χ2v) is 6.59. The van der Waals surface area contributed by atoms with Crippen molar-refractivity contribution in [2.45, 2.75) is 45.6 Å². The predicted molar refractivity (Wildman–Crippen MR) is 85.4 cm³/mol. The Labute approximate surface area is 124 Å². The third kappa shape index (κ3) is 2.56. The molecule has 5 heteroatoms. The summed E-state index contributed by atoms with van der Waals surface area (Å²) in [5.41, 5.74) is 7.12. The molecule has 0 bridgehead atoms. The van der Waals surface area contributed by atoms with Gasteiger partial charge in [0.25, 0.3) is 0 Å². The van der Waals surface area contributed by atoms with Crippen LogP contribution in [0, 0.1) is 5.92 Å². The average molecular weight is 292 g/mol. The van der Waals surface area contributed by atoms with Gasteiger partial charge in [-0.15, -0.1) is 11.3 Å². The first kappa shape index (κ1) is 13.9. The number of imidazole rings is 1. The van der Waals surface area contributed by atoms with Crippen molar-refractivity contribution in [2.24, 2.45) is 11.7 Å². The summed E-state index contributed by atoms with van der Waals surface area (Å²) in [7, 11) is 0. The van der Waals surface area contributed by atoms with Crippen molar-refractivity contribution in [1.29, 1.82) is 0 Å². The second-order valence-electron chi connectivity index (χ2n) is 5.71. The van der Waals surface area contributed by atoms with E-state index in [0.717, 1.165) is 35.5 Å². The lowest BCUT2D eigenvalue weighted by Crippen LogP contribution is -2.26. The molecule has 1 aliphatic heterocycles. The zero-order valence-electron chi connectivity index (χ0n) is 12.2. The molecule has 0 amide bonds. The number of rotatable bonds is 4. The summed E-state index contributed by atoms with van der Waals surface area (Å²) in [5, 5.41) is 2.07. The molecule has 3 heterocycles. The molecule has 1 saturated heterocycles. The van der Waals surface area contributed by atoms with Crippen molar-refractivity contribution >= 4 is 22.1 Å². The van der Waals surface area contributed by atoms with Crippen LogP contribution in [0.4, 0.5) is 5.82 Å². The Hall–Kier alpha value is -1.07. The molecule has 0 aliphatic carbocycles. The summed E-state index contributed by atoms with van der Waals surface area (Å²) in [6.45, 7) is 5.10. The van der Waals surface area contributed by atoms with Gasteiger partial charge < -0.3 is 10.6 Å². The highest BCUT2D eigenvalue weighted by Gasteiger charge is 2.22. The third-order valence-corrected chi connectivity index (χ3v) is 5.13. The molecule has 2 aromatic rings. The molecule has 20 heavy (non-hydrogen) atoms. The van der Waals surface area contributed by atoms with Crippen molar-refractivity contribution in [3.63, 3.8) is 0 Å². The maximum atomic E-state index is 5.96. The van der Waals surface area contributed by atoms with Crippen molar-refractivity contribution in [3.8, 4) is 0 Å². The van der Waals surface area contributed by atoms with Crippen LogP contribution in [0.1, 0.15) is 44.7 Å². The van der Waals surface area contributed by atoms with Crippen molar-refractivity contribution in [3.05, 3.63) is 17.3 Å². The number of hydrogen-bond donors (Lipinski definition) is 1. The summed E-state index contributed by atoms with van der Waals surface area (Å²) in [6.07, 6.45) is 8.69. The first-order chi connectivity index (χ1) is 9.83. The van der Waals surface area contributed by atoms with Gasteiger partial charge in [0.15, 0.2) is 10.8 Å². The van der Waals surface area contributed by atoms with Crippen LogP contribution in [0.25, 0.3) is 4.96 Å². The Morgan fingerprint density at radius 2 is 2.30 bits per heavy atom. The molecule has 1 atom stereocenters. The Balaban J connectivity index is 1.81. The molecule has 1 fully saturated rings. The fraction of sp³-hybridized carbons (Fsp3) is 0.667. The van der Waals surface area contributed by atoms with E-state index >= 15 is 0 Å². The quantitative estimate of drug-likeness (QED) is 0.941. The molecule has 4 nitrogen and oxygen atoms in total. The minimum Gasteiger partial charge on any atom is -0.355 e. The Bertz CT molecular complexity index is 559. The van der Waals surface area contributed by atoms with E-state index in [1.807, 2.05) is 0 Å². The first-order valence-corrected chi connectivity index (χ1v) is 8.61. The van der Waals surface area contributed by atoms with Crippen molar-refractivity contribution in [1.82, 2.24) is 9.38 Å². The van der Waals surface area contributed by atoms with E-state index in [1.54, 1.807) is 11.3 Å². The molecule has 0 aromatic carbocycles. The zero-order valence-corrected chi connectivity index (χ0v) is 13.0. The Morgan fingerprint density at radius 1 is 1.40 bits per heavy atom. The minimum absolute atomic E-state index is 0.558. The van der Waals surface area contributed by atoms with Crippen molar-refractivity contribution in [2.75, 3.05) is 18.0 Å². The van der Waals surface area contributed by atoms with Crippen LogP contribution in [0.5, 0.6) is 0 Å². The van der Waals surface area contributed by atoms with E-state index in [4.69, 9.17) is 10.7 Å². The van der Waals surface area contributed by atoms with Gasteiger partial charge in [-0.2, -0.15) is 0 Å². The second kappa shape index (κ2) is 6.14. The number of fused-ring (bicyclic) bond motifs is 1. The van der Waals surface area contributed by atoms with Crippen LogP contribution in [-0.2, 0) is 6.54 Å². The van der Waals surface area contributed by atoms with Crippen LogP contribution < -0.4 is 10.6 Å². The fourth-order valence-corrected chi connectivity index (χ4v) is 4.07. The molecule has 2 N–H and O–H groups in total. The van der Waals surface area contributed by atoms with Gasteiger partial charge in [0.2, 0.25) is 0 Å². The number of thiazole rings is 1. The molecule has 1 aliphatic rings. The predicted octanol–water partition coefficient (Wildman–Crippen LogP) is 3.26. The highest BCUT2D eigenvalue weighted by molar-refractivity contribution is 7.15. The van der Waals surface area contributed by atoms with Gasteiger partial charge in [-0.25, -0.2) is 4.98 Å². The van der Waals surface area contributed by atoms with E-state index in [1.165, 1.54) is 32.1 Å². The maximum Gasteiger partial charge on any atom is 0.195 e. The lowest BCUT2D eigenvalue weighted by Gasteiger charge is -2.21. The average Bonchev–Trinajstić information content (AvgIpc) is 2.94. The van der Waals surface area contributed by atoms with Gasteiger partial charge in [0, 0.05) is 31.2 Å². The SMILES string of the molecule is CCCC1CCCN(c2nc3sccn3c2CN)CC1. The number of nitrogens with two attached hydrogens (primary N) is 1. The standard InChI is InChI=1S/C15H24N4S/c1-2-4-12-5-3-7-18(8-6-12)14-13(11-16)19-9-10-20-15(19)17-14/h9-10,12H,2-8,11,16H2,1H3. The molecule has 110 valence electrons. The van der Waals surface area contributed by atoms with Gasteiger partial charge in [0.05, 0.1) is 5.69 Å². The molecule has 0 radical (unpaired) electrons. The lowest BCUT2D eigenvalue weighted by atomic mass is 9.96. The third-order valence-electron chi connectivity index (χ3n) is 4.38. The smallest absolute Gasteiger partial charge is 0.195 e. The summed E-state index contributed by atoms with van der Waals surface area (Å²) in [4.78, 5) is 8.33. The van der Waals surface area contributed by atoms with Crippen LogP contribution in [0.15, 0.2) is 11.6 Å². The van der Waals surface area contributed by atoms with E-state index in [-0.39, 0.29) is 0 Å². The highest BCUT2D eigenvalue weighted by atomic mass is 32.1. The molecule has 3 rings (SSSR count). The van der Waals surface area contributed by atoms with Crippen LogP contribution in [0.2, 0.25) is 0 Å². The number of anilines is 1. The number of hydrogen-bond acceptors (Lipinski definition) is 4. The molecule has 0 spiro atoms. The van der Waals surface area contributed by atoms with Crippen LogP contribution in [0.3, 0.4) is 0 Å². The monoisotopic (exact) mass is 292 g/mol. The van der Waals surface area contributed by atoms with E-state index in [0.29, 0.717) is 6.54 Å². The van der Waals surface area contributed by atoms with Crippen LogP contribution >= 0.6 is 11.3 Å². The Kier molecular flexibility index (Phi) is 4.27. The van der Waals surface area contributed by atoms with Gasteiger partial charge in [-0.05, 0) is 25.2 Å². The fourth-order valence-electron chi connectivity index (χ4n) is 3.34.